The minimum Gasteiger partial charge on any atom is -0.460 e. The second-order valence-corrected chi connectivity index (χ2v) is 6.43. The van der Waals surface area contributed by atoms with Gasteiger partial charge in [-0.1, -0.05) is 17.7 Å². The second-order valence-electron chi connectivity index (χ2n) is 6.03. The fraction of sp³-hybridized carbons (Fsp3) is 0.533. The third kappa shape index (κ3) is 3.93. The van der Waals surface area contributed by atoms with E-state index in [0.29, 0.717) is 5.56 Å². The maximum atomic E-state index is 13.1. The molecule has 0 aromatic heterocycles. The number of rotatable bonds is 3. The quantitative estimate of drug-likeness (QED) is 0.867. The molecule has 3 nitrogen and oxygen atoms in total. The van der Waals surface area contributed by atoms with E-state index in [0.717, 1.165) is 6.07 Å². The number of hydrogen-bond donors (Lipinski definition) is 1. The van der Waals surface area contributed by atoms with Crippen molar-refractivity contribution < 1.29 is 19.0 Å². The normalized spacial score (nSPS) is 16.4. The van der Waals surface area contributed by atoms with Crippen LogP contribution in [0.5, 0.6) is 0 Å². The summed E-state index contributed by atoms with van der Waals surface area (Å²) < 4.78 is 18.3. The molecule has 20 heavy (non-hydrogen) atoms. The monoisotopic (exact) mass is 302 g/mol. The number of benzene rings is 1. The van der Waals surface area contributed by atoms with Crippen LogP contribution >= 0.6 is 11.6 Å². The standard InChI is InChI=1S/C15H20ClFO3/c1-9(13(18)20-14(2,3)4)15(5,19)11-7-6-10(17)8-12(11)16/h6-9,19H,1-5H3. The number of carbonyl (C=O) groups is 1. The predicted octanol–water partition coefficient (Wildman–Crippen LogP) is 3.66. The maximum absolute atomic E-state index is 13.1. The fourth-order valence-electron chi connectivity index (χ4n) is 1.75. The van der Waals surface area contributed by atoms with E-state index in [2.05, 4.69) is 0 Å². The van der Waals surface area contributed by atoms with Gasteiger partial charge in [0.25, 0.3) is 0 Å². The van der Waals surface area contributed by atoms with Crippen molar-refractivity contribution in [3.63, 3.8) is 0 Å². The van der Waals surface area contributed by atoms with Gasteiger partial charge >= 0.3 is 5.97 Å². The zero-order valence-corrected chi connectivity index (χ0v) is 13.1. The van der Waals surface area contributed by atoms with Gasteiger partial charge in [0.1, 0.15) is 17.0 Å². The Bertz CT molecular complexity index is 506. The molecule has 0 aliphatic rings. The molecule has 0 saturated carbocycles. The van der Waals surface area contributed by atoms with Gasteiger partial charge in [-0.05, 0) is 46.8 Å². The summed E-state index contributed by atoms with van der Waals surface area (Å²) in [7, 11) is 0. The first-order valence-corrected chi connectivity index (χ1v) is 6.73. The Morgan fingerprint density at radius 3 is 2.35 bits per heavy atom. The molecule has 2 unspecified atom stereocenters. The van der Waals surface area contributed by atoms with Gasteiger partial charge in [-0.25, -0.2) is 4.39 Å². The van der Waals surface area contributed by atoms with E-state index >= 15 is 0 Å². The van der Waals surface area contributed by atoms with Gasteiger partial charge in [-0.2, -0.15) is 0 Å². The van der Waals surface area contributed by atoms with Crippen molar-refractivity contribution >= 4 is 17.6 Å². The Balaban J connectivity index is 3.06. The Labute approximate surface area is 123 Å². The highest BCUT2D eigenvalue weighted by atomic mass is 35.5. The third-order valence-corrected chi connectivity index (χ3v) is 3.39. The average molecular weight is 303 g/mol. The number of halogens is 2. The molecule has 0 amide bonds. The summed E-state index contributed by atoms with van der Waals surface area (Å²) in [5, 5.41) is 10.7. The molecule has 0 aliphatic carbocycles. The van der Waals surface area contributed by atoms with Crippen molar-refractivity contribution in [2.75, 3.05) is 0 Å². The van der Waals surface area contributed by atoms with Gasteiger partial charge in [-0.15, -0.1) is 0 Å². The van der Waals surface area contributed by atoms with Crippen LogP contribution in [0.4, 0.5) is 4.39 Å². The highest BCUT2D eigenvalue weighted by molar-refractivity contribution is 6.31. The number of aliphatic hydroxyl groups is 1. The lowest BCUT2D eigenvalue weighted by atomic mass is 9.84. The zero-order chi connectivity index (χ0) is 15.7. The molecule has 0 radical (unpaired) electrons. The topological polar surface area (TPSA) is 46.5 Å². The Morgan fingerprint density at radius 1 is 1.35 bits per heavy atom. The molecular weight excluding hydrogens is 283 g/mol. The Kier molecular flexibility index (Phi) is 4.82. The molecule has 2 atom stereocenters. The molecule has 5 heteroatoms. The molecule has 0 fully saturated rings. The van der Waals surface area contributed by atoms with E-state index in [1.54, 1.807) is 27.7 Å². The van der Waals surface area contributed by atoms with Crippen molar-refractivity contribution in [3.05, 3.63) is 34.6 Å². The summed E-state index contributed by atoms with van der Waals surface area (Å²) in [5.41, 5.74) is -1.90. The summed E-state index contributed by atoms with van der Waals surface area (Å²) in [6, 6.07) is 3.67. The molecular formula is C15H20ClFO3. The SMILES string of the molecule is CC(C(=O)OC(C)(C)C)C(C)(O)c1ccc(F)cc1Cl. The van der Waals surface area contributed by atoms with Crippen LogP contribution in [0.1, 0.15) is 40.2 Å². The number of hydrogen-bond acceptors (Lipinski definition) is 3. The van der Waals surface area contributed by atoms with Crippen molar-refractivity contribution in [1.29, 1.82) is 0 Å². The summed E-state index contributed by atoms with van der Waals surface area (Å²) in [6.45, 7) is 8.25. The smallest absolute Gasteiger partial charge is 0.312 e. The minimum atomic E-state index is -1.55. The van der Waals surface area contributed by atoms with Crippen LogP contribution in [0.2, 0.25) is 5.02 Å². The lowest BCUT2D eigenvalue weighted by molar-refractivity contribution is -0.168. The largest absolute Gasteiger partial charge is 0.460 e. The van der Waals surface area contributed by atoms with Crippen molar-refractivity contribution in [2.24, 2.45) is 5.92 Å². The van der Waals surface area contributed by atoms with E-state index in [9.17, 15) is 14.3 Å². The van der Waals surface area contributed by atoms with Crippen LogP contribution in [0.15, 0.2) is 18.2 Å². The van der Waals surface area contributed by atoms with E-state index in [1.807, 2.05) is 0 Å². The molecule has 0 saturated heterocycles. The van der Waals surface area contributed by atoms with Crippen LogP contribution < -0.4 is 0 Å². The number of esters is 1. The third-order valence-electron chi connectivity index (χ3n) is 3.08. The van der Waals surface area contributed by atoms with Crippen molar-refractivity contribution in [3.8, 4) is 0 Å². The van der Waals surface area contributed by atoms with Gasteiger partial charge in [0.2, 0.25) is 0 Å². The van der Waals surface area contributed by atoms with Crippen LogP contribution in [0, 0.1) is 11.7 Å². The predicted molar refractivity (Wildman–Crippen MR) is 76.0 cm³/mol. The van der Waals surface area contributed by atoms with E-state index in [1.165, 1.54) is 19.1 Å². The molecule has 0 heterocycles. The van der Waals surface area contributed by atoms with Gasteiger partial charge in [-0.3, -0.25) is 4.79 Å². The zero-order valence-electron chi connectivity index (χ0n) is 12.3. The van der Waals surface area contributed by atoms with Gasteiger partial charge < -0.3 is 9.84 Å². The van der Waals surface area contributed by atoms with E-state index < -0.39 is 28.9 Å². The molecule has 1 N–H and O–H groups in total. The molecule has 112 valence electrons. The molecule has 1 aromatic carbocycles. The summed E-state index contributed by atoms with van der Waals surface area (Å²) in [6.07, 6.45) is 0. The first-order valence-electron chi connectivity index (χ1n) is 6.36. The first-order chi connectivity index (χ1) is 8.95. The second kappa shape index (κ2) is 5.70. The van der Waals surface area contributed by atoms with Crippen molar-refractivity contribution in [1.82, 2.24) is 0 Å². The lowest BCUT2D eigenvalue weighted by Crippen LogP contribution is -2.39. The average Bonchev–Trinajstić information content (AvgIpc) is 2.24. The van der Waals surface area contributed by atoms with E-state index in [-0.39, 0.29) is 5.02 Å². The highest BCUT2D eigenvalue weighted by Crippen LogP contribution is 2.35. The first kappa shape index (κ1) is 16.9. The van der Waals surface area contributed by atoms with Crippen LogP contribution in [-0.2, 0) is 15.1 Å². The number of carbonyl (C=O) groups excluding carboxylic acids is 1. The molecule has 1 rings (SSSR count). The molecule has 0 bridgehead atoms. The van der Waals surface area contributed by atoms with Crippen LogP contribution in [-0.4, -0.2) is 16.7 Å². The molecule has 0 spiro atoms. The van der Waals surface area contributed by atoms with Gasteiger partial charge in [0, 0.05) is 10.6 Å². The lowest BCUT2D eigenvalue weighted by Gasteiger charge is -2.32. The van der Waals surface area contributed by atoms with E-state index in [4.69, 9.17) is 16.3 Å². The Hall–Kier alpha value is -1.13. The minimum absolute atomic E-state index is 0.0745. The van der Waals surface area contributed by atoms with Gasteiger partial charge in [0.15, 0.2) is 0 Å². The number of ether oxygens (including phenoxy) is 1. The van der Waals surface area contributed by atoms with Gasteiger partial charge in [0.05, 0.1) is 5.92 Å². The summed E-state index contributed by atoms with van der Waals surface area (Å²) in [4.78, 5) is 12.1. The maximum Gasteiger partial charge on any atom is 0.312 e. The Morgan fingerprint density at radius 2 is 1.90 bits per heavy atom. The molecule has 1 aromatic rings. The fourth-order valence-corrected chi connectivity index (χ4v) is 2.11. The van der Waals surface area contributed by atoms with Crippen LogP contribution in [0.3, 0.4) is 0 Å². The summed E-state index contributed by atoms with van der Waals surface area (Å²) in [5.74, 6) is -1.88. The summed E-state index contributed by atoms with van der Waals surface area (Å²) >= 11 is 5.94. The van der Waals surface area contributed by atoms with Crippen LogP contribution in [0.25, 0.3) is 0 Å². The van der Waals surface area contributed by atoms with Crippen molar-refractivity contribution in [2.45, 2.75) is 45.8 Å². The highest BCUT2D eigenvalue weighted by Gasteiger charge is 2.39. The molecule has 0 aliphatic heterocycles.